The van der Waals surface area contributed by atoms with E-state index in [4.69, 9.17) is 14.2 Å². The summed E-state index contributed by atoms with van der Waals surface area (Å²) in [6, 6.07) is 9.93. The number of alkyl halides is 2. The maximum atomic E-state index is 12.5. The number of carbonyl (C=O) groups excluding carboxylic acids is 1. The van der Waals surface area contributed by atoms with Crippen molar-refractivity contribution in [1.29, 1.82) is 0 Å². The Morgan fingerprint density at radius 2 is 1.73 bits per heavy atom. The predicted octanol–water partition coefficient (Wildman–Crippen LogP) is 4.38. The van der Waals surface area contributed by atoms with Gasteiger partial charge < -0.3 is 23.8 Å². The Labute approximate surface area is 174 Å². The Kier molecular flexibility index (Phi) is 8.46. The molecule has 8 heteroatoms. The first-order chi connectivity index (χ1) is 14.4. The van der Waals surface area contributed by atoms with Gasteiger partial charge in [-0.3, -0.25) is 4.79 Å². The molecule has 0 aliphatic heterocycles. The molecule has 0 spiro atoms. The van der Waals surface area contributed by atoms with Crippen molar-refractivity contribution in [3.63, 3.8) is 0 Å². The first-order valence-electron chi connectivity index (χ1n) is 9.23. The summed E-state index contributed by atoms with van der Waals surface area (Å²) >= 11 is 0. The van der Waals surface area contributed by atoms with Crippen molar-refractivity contribution in [3.8, 4) is 23.0 Å². The molecule has 0 aromatic heterocycles. The molecule has 2 aromatic rings. The molecular formula is C22H25F2NO5. The minimum atomic E-state index is -2.94. The zero-order valence-corrected chi connectivity index (χ0v) is 17.4. The fourth-order valence-electron chi connectivity index (χ4n) is 2.72. The van der Waals surface area contributed by atoms with Crippen LogP contribution >= 0.6 is 0 Å². The Morgan fingerprint density at radius 1 is 1.03 bits per heavy atom. The molecule has 0 unspecified atom stereocenters. The molecular weight excluding hydrogens is 396 g/mol. The van der Waals surface area contributed by atoms with Crippen molar-refractivity contribution in [2.45, 2.75) is 20.1 Å². The fraction of sp³-hybridized carbons (Fsp3) is 0.318. The number of methoxy groups -OCH3 is 2. The molecule has 2 rings (SSSR count). The first-order valence-corrected chi connectivity index (χ1v) is 9.23. The van der Waals surface area contributed by atoms with Gasteiger partial charge in [0.15, 0.2) is 23.0 Å². The number of ether oxygens (including phenoxy) is 4. The highest BCUT2D eigenvalue weighted by Crippen LogP contribution is 2.30. The van der Waals surface area contributed by atoms with Crippen LogP contribution < -0.4 is 18.9 Å². The number of hydrogen-bond donors (Lipinski definition) is 0. The van der Waals surface area contributed by atoms with Gasteiger partial charge in [0.25, 0.3) is 0 Å². The van der Waals surface area contributed by atoms with E-state index in [1.807, 2.05) is 0 Å². The van der Waals surface area contributed by atoms with Gasteiger partial charge in [0.2, 0.25) is 5.91 Å². The summed E-state index contributed by atoms with van der Waals surface area (Å²) in [7, 11) is 4.73. The van der Waals surface area contributed by atoms with Crippen molar-refractivity contribution in [3.05, 3.63) is 53.6 Å². The topological polar surface area (TPSA) is 57.2 Å². The van der Waals surface area contributed by atoms with Gasteiger partial charge in [-0.05, 0) is 48.4 Å². The third-order valence-corrected chi connectivity index (χ3v) is 4.15. The average molecular weight is 421 g/mol. The Bertz CT molecular complexity index is 886. The third kappa shape index (κ3) is 6.37. The molecule has 162 valence electrons. The van der Waals surface area contributed by atoms with Crippen molar-refractivity contribution < 1.29 is 32.5 Å². The SMILES string of the molecule is CCOc1cc(CN(C)C(=O)/C=C/c2ccc(OC)c(OC)c2)ccc1OC(F)F. The molecule has 0 saturated carbocycles. The average Bonchev–Trinajstić information content (AvgIpc) is 2.73. The van der Waals surface area contributed by atoms with E-state index in [1.54, 1.807) is 64.6 Å². The van der Waals surface area contributed by atoms with E-state index < -0.39 is 6.61 Å². The van der Waals surface area contributed by atoms with E-state index in [0.29, 0.717) is 18.1 Å². The van der Waals surface area contributed by atoms with Crippen LogP contribution in [0.5, 0.6) is 23.0 Å². The minimum absolute atomic E-state index is 0.0436. The first kappa shape index (κ1) is 23.0. The zero-order valence-electron chi connectivity index (χ0n) is 17.4. The molecule has 0 N–H and O–H groups in total. The lowest BCUT2D eigenvalue weighted by atomic mass is 10.1. The van der Waals surface area contributed by atoms with Gasteiger partial charge in [0.05, 0.1) is 20.8 Å². The lowest BCUT2D eigenvalue weighted by molar-refractivity contribution is -0.125. The number of benzene rings is 2. The number of hydrogen-bond acceptors (Lipinski definition) is 5. The molecule has 0 aliphatic rings. The molecule has 0 radical (unpaired) electrons. The summed E-state index contributed by atoms with van der Waals surface area (Å²) < 4.78 is 45.3. The van der Waals surface area contributed by atoms with Crippen LogP contribution in [0.15, 0.2) is 42.5 Å². The van der Waals surface area contributed by atoms with Gasteiger partial charge >= 0.3 is 6.61 Å². The molecule has 0 bridgehead atoms. The van der Waals surface area contributed by atoms with E-state index in [0.717, 1.165) is 11.1 Å². The summed E-state index contributed by atoms with van der Waals surface area (Å²) in [6.07, 6.45) is 3.12. The molecule has 0 heterocycles. The Hall–Kier alpha value is -3.29. The summed E-state index contributed by atoms with van der Waals surface area (Å²) in [5.74, 6) is 1.10. The van der Waals surface area contributed by atoms with Crippen LogP contribution in [0.4, 0.5) is 8.78 Å². The number of rotatable bonds is 10. The van der Waals surface area contributed by atoms with Gasteiger partial charge in [-0.15, -0.1) is 0 Å². The minimum Gasteiger partial charge on any atom is -0.493 e. The highest BCUT2D eigenvalue weighted by molar-refractivity contribution is 5.91. The molecule has 2 aromatic carbocycles. The molecule has 0 fully saturated rings. The number of likely N-dealkylation sites (N-methyl/N-ethyl adjacent to an activating group) is 1. The largest absolute Gasteiger partial charge is 0.493 e. The highest BCUT2D eigenvalue weighted by atomic mass is 19.3. The van der Waals surface area contributed by atoms with Crippen molar-refractivity contribution in [2.75, 3.05) is 27.9 Å². The van der Waals surface area contributed by atoms with Crippen LogP contribution in [0.25, 0.3) is 6.08 Å². The molecule has 30 heavy (non-hydrogen) atoms. The van der Waals surface area contributed by atoms with Crippen LogP contribution in [0.2, 0.25) is 0 Å². The van der Waals surface area contributed by atoms with Gasteiger partial charge in [0, 0.05) is 19.7 Å². The summed E-state index contributed by atoms with van der Waals surface area (Å²) in [6.45, 7) is -0.635. The van der Waals surface area contributed by atoms with Gasteiger partial charge in [-0.25, -0.2) is 0 Å². The predicted molar refractivity (Wildman–Crippen MR) is 109 cm³/mol. The zero-order chi connectivity index (χ0) is 22.1. The lowest BCUT2D eigenvalue weighted by Gasteiger charge is -2.17. The normalized spacial score (nSPS) is 10.9. The maximum absolute atomic E-state index is 12.5. The Morgan fingerprint density at radius 3 is 2.37 bits per heavy atom. The monoisotopic (exact) mass is 421 g/mol. The molecule has 0 aliphatic carbocycles. The Balaban J connectivity index is 2.08. The summed E-state index contributed by atoms with van der Waals surface area (Å²) in [5.41, 5.74) is 1.50. The standard InChI is InChI=1S/C22H25F2NO5/c1-5-29-20-13-16(7-10-18(20)30-22(23)24)14-25(2)21(26)11-8-15-6-9-17(27-3)19(12-15)28-4/h6-13,22H,5,14H2,1-4H3/b11-8+. The highest BCUT2D eigenvalue weighted by Gasteiger charge is 2.13. The molecule has 0 saturated heterocycles. The summed E-state index contributed by atoms with van der Waals surface area (Å²) in [4.78, 5) is 13.9. The second-order valence-electron chi connectivity index (χ2n) is 6.23. The summed E-state index contributed by atoms with van der Waals surface area (Å²) in [5, 5.41) is 0. The van der Waals surface area contributed by atoms with E-state index in [2.05, 4.69) is 4.74 Å². The smallest absolute Gasteiger partial charge is 0.387 e. The van der Waals surface area contributed by atoms with Crippen molar-refractivity contribution in [2.24, 2.45) is 0 Å². The number of carbonyl (C=O) groups is 1. The second-order valence-corrected chi connectivity index (χ2v) is 6.23. The quantitative estimate of drug-likeness (QED) is 0.533. The third-order valence-electron chi connectivity index (χ3n) is 4.15. The maximum Gasteiger partial charge on any atom is 0.387 e. The number of amides is 1. The molecule has 0 atom stereocenters. The van der Waals surface area contributed by atoms with Gasteiger partial charge in [0.1, 0.15) is 0 Å². The van der Waals surface area contributed by atoms with E-state index in [9.17, 15) is 13.6 Å². The van der Waals surface area contributed by atoms with Crippen molar-refractivity contribution in [1.82, 2.24) is 4.90 Å². The van der Waals surface area contributed by atoms with E-state index >= 15 is 0 Å². The second kappa shape index (κ2) is 11.0. The van der Waals surface area contributed by atoms with Crippen molar-refractivity contribution >= 4 is 12.0 Å². The number of nitrogens with zero attached hydrogens (tertiary/aromatic N) is 1. The van der Waals surface area contributed by atoms with Gasteiger partial charge in [-0.2, -0.15) is 8.78 Å². The molecule has 1 amide bonds. The van der Waals surface area contributed by atoms with E-state index in [-0.39, 0.29) is 24.0 Å². The van der Waals surface area contributed by atoms with Crippen LogP contribution in [-0.4, -0.2) is 45.3 Å². The number of halogens is 2. The van der Waals surface area contributed by atoms with Crippen LogP contribution in [0.1, 0.15) is 18.1 Å². The lowest BCUT2D eigenvalue weighted by Crippen LogP contribution is -2.24. The fourth-order valence-corrected chi connectivity index (χ4v) is 2.72. The van der Waals surface area contributed by atoms with Gasteiger partial charge in [-0.1, -0.05) is 12.1 Å². The van der Waals surface area contributed by atoms with Crippen LogP contribution in [-0.2, 0) is 11.3 Å². The van der Waals surface area contributed by atoms with E-state index in [1.165, 1.54) is 17.0 Å². The molecule has 6 nitrogen and oxygen atoms in total. The van der Waals surface area contributed by atoms with Crippen LogP contribution in [0.3, 0.4) is 0 Å². The van der Waals surface area contributed by atoms with Crippen LogP contribution in [0, 0.1) is 0 Å².